The summed E-state index contributed by atoms with van der Waals surface area (Å²) in [6.45, 7) is 4.04. The molecule has 140 valence electrons. The minimum absolute atomic E-state index is 0.105. The van der Waals surface area contributed by atoms with Crippen LogP contribution in [0.4, 0.5) is 0 Å². The Hall–Kier alpha value is -3.42. The molecule has 0 aliphatic heterocycles. The van der Waals surface area contributed by atoms with Gasteiger partial charge in [-0.1, -0.05) is 12.1 Å². The Bertz CT molecular complexity index is 995. The predicted octanol–water partition coefficient (Wildman–Crippen LogP) is 1.56. The van der Waals surface area contributed by atoms with Gasteiger partial charge >= 0.3 is 0 Å². The summed E-state index contributed by atoms with van der Waals surface area (Å²) >= 11 is 0. The van der Waals surface area contributed by atoms with Crippen molar-refractivity contribution in [2.24, 2.45) is 0 Å². The van der Waals surface area contributed by atoms with Crippen LogP contribution in [0, 0.1) is 6.92 Å². The molecule has 0 saturated carbocycles. The largest absolute Gasteiger partial charge is 0.495 e. The Balaban J connectivity index is 1.91. The van der Waals surface area contributed by atoms with E-state index in [-0.39, 0.29) is 11.6 Å². The molecule has 0 aliphatic carbocycles. The maximum absolute atomic E-state index is 13.0. The fourth-order valence-electron chi connectivity index (χ4n) is 2.87. The first-order valence-electron chi connectivity index (χ1n) is 8.50. The molecular formula is C19H21N5O3. The third-order valence-electron chi connectivity index (χ3n) is 4.18. The number of pyridine rings is 1. The van der Waals surface area contributed by atoms with Crippen LogP contribution in [0.15, 0.2) is 54.0 Å². The zero-order valence-corrected chi connectivity index (χ0v) is 15.4. The first-order chi connectivity index (χ1) is 13.0. The summed E-state index contributed by atoms with van der Waals surface area (Å²) in [5.41, 5.74) is 0.894. The molecule has 8 heteroatoms. The molecule has 0 radical (unpaired) electrons. The van der Waals surface area contributed by atoms with Crippen LogP contribution in [0.5, 0.6) is 5.75 Å². The highest BCUT2D eigenvalue weighted by molar-refractivity contribution is 5.95. The summed E-state index contributed by atoms with van der Waals surface area (Å²) in [6, 6.07) is 8.68. The molecule has 2 aromatic heterocycles. The fourth-order valence-corrected chi connectivity index (χ4v) is 2.87. The zero-order valence-electron chi connectivity index (χ0n) is 15.4. The van der Waals surface area contributed by atoms with Gasteiger partial charge in [0.25, 0.3) is 11.5 Å². The lowest BCUT2D eigenvalue weighted by molar-refractivity contribution is 0.0933. The van der Waals surface area contributed by atoms with Gasteiger partial charge in [-0.2, -0.15) is 5.10 Å². The van der Waals surface area contributed by atoms with E-state index in [2.05, 4.69) is 15.4 Å². The molecule has 0 aliphatic rings. The third-order valence-corrected chi connectivity index (χ3v) is 4.18. The van der Waals surface area contributed by atoms with E-state index in [0.29, 0.717) is 23.5 Å². The number of nitrogens with zero attached hydrogens (tertiary/aromatic N) is 4. The molecule has 1 atom stereocenters. The molecular weight excluding hydrogens is 346 g/mol. The monoisotopic (exact) mass is 367 g/mol. The number of aromatic nitrogens is 4. The first-order valence-corrected chi connectivity index (χ1v) is 8.50. The van der Waals surface area contributed by atoms with E-state index < -0.39 is 11.5 Å². The second kappa shape index (κ2) is 7.86. The minimum Gasteiger partial charge on any atom is -0.495 e. The van der Waals surface area contributed by atoms with Crippen LogP contribution < -0.4 is 15.6 Å². The summed E-state index contributed by atoms with van der Waals surface area (Å²) in [5, 5.41) is 6.87. The first kappa shape index (κ1) is 18.4. The number of methoxy groups -OCH3 is 1. The number of hydrogen-bond donors (Lipinski definition) is 1. The van der Waals surface area contributed by atoms with E-state index in [4.69, 9.17) is 4.74 Å². The number of benzene rings is 1. The van der Waals surface area contributed by atoms with Gasteiger partial charge in [0.1, 0.15) is 24.0 Å². The Morgan fingerprint density at radius 2 is 2.07 bits per heavy atom. The molecule has 0 spiro atoms. The number of carbonyl (C=O) groups excluding carboxylic acids is 1. The average Bonchev–Trinajstić information content (AvgIpc) is 3.14. The normalized spacial score (nSPS) is 11.8. The number of nitrogens with one attached hydrogen (secondary N) is 1. The molecule has 27 heavy (non-hydrogen) atoms. The molecule has 0 bridgehead atoms. The molecule has 1 amide bonds. The van der Waals surface area contributed by atoms with Crippen molar-refractivity contribution in [1.29, 1.82) is 0 Å². The van der Waals surface area contributed by atoms with Crippen molar-refractivity contribution in [3.8, 4) is 11.4 Å². The smallest absolute Gasteiger partial charge is 0.268 e. The Kier molecular flexibility index (Phi) is 5.35. The second-order valence-corrected chi connectivity index (χ2v) is 6.21. The summed E-state index contributed by atoms with van der Waals surface area (Å²) in [6.07, 6.45) is 4.65. The van der Waals surface area contributed by atoms with Gasteiger partial charge in [0.15, 0.2) is 0 Å². The predicted molar refractivity (Wildman–Crippen MR) is 100 cm³/mol. The standard InChI is InChI=1S/C19H21N5O3/c1-13-8-9-24(15-6-4-5-7-16(15)27-3)19(26)17(13)18(25)22-14(2)10-23-12-20-11-21-23/h4-9,11-12,14H,10H2,1-3H3,(H,22,25). The van der Waals surface area contributed by atoms with Gasteiger partial charge in [-0.15, -0.1) is 0 Å². The molecule has 3 rings (SSSR count). The Morgan fingerprint density at radius 3 is 2.78 bits per heavy atom. The maximum atomic E-state index is 13.0. The van der Waals surface area contributed by atoms with Crippen molar-refractivity contribution in [3.05, 3.63) is 70.7 Å². The lowest BCUT2D eigenvalue weighted by atomic mass is 10.1. The maximum Gasteiger partial charge on any atom is 0.268 e. The highest BCUT2D eigenvalue weighted by atomic mass is 16.5. The van der Waals surface area contributed by atoms with Gasteiger partial charge in [-0.25, -0.2) is 4.98 Å². The van der Waals surface area contributed by atoms with Gasteiger partial charge in [-0.3, -0.25) is 18.8 Å². The van der Waals surface area contributed by atoms with E-state index >= 15 is 0 Å². The Labute approximate surface area is 156 Å². The third kappa shape index (κ3) is 3.89. The molecule has 1 aromatic carbocycles. The van der Waals surface area contributed by atoms with Gasteiger partial charge in [-0.05, 0) is 37.6 Å². The number of amides is 1. The molecule has 1 unspecified atom stereocenters. The zero-order chi connectivity index (χ0) is 19.4. The molecule has 0 saturated heterocycles. The van der Waals surface area contributed by atoms with Crippen LogP contribution in [-0.2, 0) is 6.54 Å². The number of hydrogen-bond acceptors (Lipinski definition) is 5. The molecule has 8 nitrogen and oxygen atoms in total. The number of ether oxygens (including phenoxy) is 1. The lowest BCUT2D eigenvalue weighted by Crippen LogP contribution is -2.40. The van der Waals surface area contributed by atoms with Gasteiger partial charge < -0.3 is 10.1 Å². The van der Waals surface area contributed by atoms with Crippen LogP contribution >= 0.6 is 0 Å². The second-order valence-electron chi connectivity index (χ2n) is 6.21. The van der Waals surface area contributed by atoms with Crippen LogP contribution in [0.3, 0.4) is 0 Å². The number of para-hydroxylation sites is 2. The summed E-state index contributed by atoms with van der Waals surface area (Å²) in [7, 11) is 1.54. The minimum atomic E-state index is -0.422. The van der Waals surface area contributed by atoms with Crippen LogP contribution in [0.2, 0.25) is 0 Å². The molecule has 0 fully saturated rings. The SMILES string of the molecule is COc1ccccc1-n1ccc(C)c(C(=O)NC(C)Cn2cncn2)c1=O. The van der Waals surface area contributed by atoms with Gasteiger partial charge in [0, 0.05) is 12.2 Å². The highest BCUT2D eigenvalue weighted by Gasteiger charge is 2.19. The summed E-state index contributed by atoms with van der Waals surface area (Å²) < 4.78 is 8.37. The average molecular weight is 367 g/mol. The molecule has 1 N–H and O–H groups in total. The lowest BCUT2D eigenvalue weighted by Gasteiger charge is -2.16. The Morgan fingerprint density at radius 1 is 1.30 bits per heavy atom. The van der Waals surface area contributed by atoms with Crippen LogP contribution in [0.25, 0.3) is 5.69 Å². The fraction of sp³-hybridized carbons (Fsp3) is 0.263. The van der Waals surface area contributed by atoms with Crippen LogP contribution in [-0.4, -0.2) is 38.4 Å². The quantitative estimate of drug-likeness (QED) is 0.714. The number of aryl methyl sites for hydroxylation is 1. The number of carbonyl (C=O) groups is 1. The van der Waals surface area contributed by atoms with Crippen molar-refractivity contribution in [1.82, 2.24) is 24.6 Å². The summed E-state index contributed by atoms with van der Waals surface area (Å²) in [5.74, 6) is 0.128. The van der Waals surface area contributed by atoms with E-state index in [1.54, 1.807) is 42.3 Å². The van der Waals surface area contributed by atoms with Crippen molar-refractivity contribution < 1.29 is 9.53 Å². The molecule has 3 aromatic rings. The summed E-state index contributed by atoms with van der Waals surface area (Å²) in [4.78, 5) is 29.7. The highest BCUT2D eigenvalue weighted by Crippen LogP contribution is 2.21. The van der Waals surface area contributed by atoms with Gasteiger partial charge in [0.2, 0.25) is 0 Å². The van der Waals surface area contributed by atoms with E-state index in [0.717, 1.165) is 0 Å². The topological polar surface area (TPSA) is 91.0 Å². The van der Waals surface area contributed by atoms with Crippen molar-refractivity contribution in [2.75, 3.05) is 7.11 Å². The van der Waals surface area contributed by atoms with Crippen molar-refractivity contribution >= 4 is 5.91 Å². The van der Waals surface area contributed by atoms with E-state index in [9.17, 15) is 9.59 Å². The van der Waals surface area contributed by atoms with Crippen LogP contribution in [0.1, 0.15) is 22.8 Å². The number of rotatable bonds is 6. The van der Waals surface area contributed by atoms with Crippen molar-refractivity contribution in [2.45, 2.75) is 26.4 Å². The van der Waals surface area contributed by atoms with E-state index in [1.165, 1.54) is 18.0 Å². The van der Waals surface area contributed by atoms with E-state index in [1.807, 2.05) is 19.1 Å². The van der Waals surface area contributed by atoms with Gasteiger partial charge in [0.05, 0.1) is 19.3 Å². The van der Waals surface area contributed by atoms with Crippen molar-refractivity contribution in [3.63, 3.8) is 0 Å². The molecule has 2 heterocycles.